The molecule has 44 heavy (non-hydrogen) atoms. The van der Waals surface area contributed by atoms with Gasteiger partial charge in [0.25, 0.3) is 0 Å². The lowest BCUT2D eigenvalue weighted by atomic mass is 9.96. The predicted molar refractivity (Wildman–Crippen MR) is 168 cm³/mol. The lowest BCUT2D eigenvalue weighted by molar-refractivity contribution is -0.131. The number of benzene rings is 2. The molecule has 12 heteroatoms. The third-order valence-corrected chi connectivity index (χ3v) is 9.58. The largest absolute Gasteiger partial charge is 0.490 e. The number of hydrogen-bond acceptors (Lipinski definition) is 8. The van der Waals surface area contributed by atoms with Gasteiger partial charge in [0.2, 0.25) is 5.91 Å². The molecule has 2 aromatic carbocycles. The molecule has 6 rings (SSSR count). The minimum atomic E-state index is -3.37. The zero-order chi connectivity index (χ0) is 31.0. The number of methoxy groups -OCH3 is 1. The second-order valence-electron chi connectivity index (χ2n) is 10.4. The molecule has 0 N–H and O–H groups in total. The molecule has 9 nitrogen and oxygen atoms in total. The van der Waals surface area contributed by atoms with E-state index < -0.39 is 15.7 Å². The number of hydrogen-bond donors (Lipinski definition) is 0. The first-order valence-electron chi connectivity index (χ1n) is 13.8. The highest BCUT2D eigenvalue weighted by molar-refractivity contribution is 7.90. The molecule has 4 heterocycles. The van der Waals surface area contributed by atoms with Gasteiger partial charge in [-0.05, 0) is 41.8 Å². The van der Waals surface area contributed by atoms with Crippen molar-refractivity contribution in [2.75, 3.05) is 39.7 Å². The lowest BCUT2D eigenvalue weighted by Gasteiger charge is -2.38. The summed E-state index contributed by atoms with van der Waals surface area (Å²) in [5.41, 5.74) is 4.17. The van der Waals surface area contributed by atoms with Gasteiger partial charge in [0.05, 0.1) is 35.1 Å². The average molecular weight is 633 g/mol. The van der Waals surface area contributed by atoms with Crippen molar-refractivity contribution in [3.05, 3.63) is 84.8 Å². The molecule has 1 saturated heterocycles. The molecule has 0 saturated carbocycles. The number of aromatic nitrogens is 3. The molecule has 0 spiro atoms. The lowest BCUT2D eigenvalue weighted by Crippen LogP contribution is -2.50. The normalized spacial score (nSPS) is 13.7. The first-order valence-corrected chi connectivity index (χ1v) is 16.5. The highest BCUT2D eigenvalue weighted by Gasteiger charge is 2.32. The maximum Gasteiger partial charge on any atom is 0.246 e. The molecule has 0 atom stereocenters. The number of nitrogens with zero attached hydrogens (tertiary/aromatic N) is 4. The van der Waals surface area contributed by atoms with Gasteiger partial charge in [0.15, 0.2) is 9.84 Å². The molecule has 1 amide bonds. The Morgan fingerprint density at radius 3 is 2.59 bits per heavy atom. The van der Waals surface area contributed by atoms with E-state index in [2.05, 4.69) is 11.7 Å². The number of carbonyl (C=O) groups is 1. The first kappa shape index (κ1) is 29.7. The molecular weight excluding hydrogens is 604 g/mol. The molecule has 0 bridgehead atoms. The highest BCUT2D eigenvalue weighted by atomic mass is 32.2. The van der Waals surface area contributed by atoms with Crippen molar-refractivity contribution in [3.8, 4) is 39.4 Å². The van der Waals surface area contributed by atoms with Crippen molar-refractivity contribution in [1.82, 2.24) is 19.7 Å². The number of carbonyl (C=O) groups excluding carboxylic acids is 1. The highest BCUT2D eigenvalue weighted by Crippen LogP contribution is 2.46. The summed E-state index contributed by atoms with van der Waals surface area (Å²) in [6.45, 7) is 5.15. The minimum Gasteiger partial charge on any atom is -0.490 e. The van der Waals surface area contributed by atoms with Crippen LogP contribution in [0.1, 0.15) is 6.04 Å². The Labute approximate surface area is 258 Å². The third-order valence-electron chi connectivity index (χ3n) is 7.52. The van der Waals surface area contributed by atoms with Gasteiger partial charge in [0, 0.05) is 71.1 Å². The summed E-state index contributed by atoms with van der Waals surface area (Å²) >= 11 is 1.52. The van der Waals surface area contributed by atoms with Crippen molar-refractivity contribution >= 4 is 37.2 Å². The summed E-state index contributed by atoms with van der Waals surface area (Å²) in [5, 5.41) is 7.44. The Morgan fingerprint density at radius 1 is 1.11 bits per heavy atom. The van der Waals surface area contributed by atoms with E-state index in [0.29, 0.717) is 42.4 Å². The Morgan fingerprint density at radius 2 is 1.89 bits per heavy atom. The number of pyridine rings is 1. The summed E-state index contributed by atoms with van der Waals surface area (Å²) in [6.07, 6.45) is 6.10. The van der Waals surface area contributed by atoms with Gasteiger partial charge >= 0.3 is 0 Å². The van der Waals surface area contributed by atoms with Crippen LogP contribution in [0.2, 0.25) is 0 Å². The van der Waals surface area contributed by atoms with E-state index in [0.717, 1.165) is 26.8 Å². The summed E-state index contributed by atoms with van der Waals surface area (Å²) < 4.78 is 52.6. The van der Waals surface area contributed by atoms with Gasteiger partial charge in [-0.15, -0.1) is 11.3 Å². The van der Waals surface area contributed by atoms with Crippen LogP contribution >= 0.6 is 11.3 Å². The van der Waals surface area contributed by atoms with Gasteiger partial charge in [-0.1, -0.05) is 18.7 Å². The number of rotatable bonds is 10. The summed E-state index contributed by atoms with van der Waals surface area (Å²) in [5.74, 6) is -0.197. The summed E-state index contributed by atoms with van der Waals surface area (Å²) in [6, 6.07) is 13.1. The van der Waals surface area contributed by atoms with Gasteiger partial charge in [0.1, 0.15) is 18.2 Å². The first-order chi connectivity index (χ1) is 21.2. The minimum absolute atomic E-state index is 0.00309. The van der Waals surface area contributed by atoms with Crippen LogP contribution < -0.4 is 4.74 Å². The molecule has 1 aliphatic heterocycles. The molecular formula is C32H29FN4O5S2. The zero-order valence-electron chi connectivity index (χ0n) is 24.1. The molecule has 1 aliphatic rings. The second kappa shape index (κ2) is 11.9. The molecule has 1 fully saturated rings. The van der Waals surface area contributed by atoms with Crippen LogP contribution in [0.5, 0.6) is 5.75 Å². The van der Waals surface area contributed by atoms with Crippen molar-refractivity contribution in [1.29, 1.82) is 0 Å². The number of thiophene rings is 1. The summed E-state index contributed by atoms with van der Waals surface area (Å²) in [7, 11) is -1.80. The maximum absolute atomic E-state index is 14.5. The number of fused-ring (bicyclic) bond motifs is 1. The van der Waals surface area contributed by atoms with Crippen molar-refractivity contribution in [3.63, 3.8) is 0 Å². The van der Waals surface area contributed by atoms with Gasteiger partial charge in [-0.25, -0.2) is 17.8 Å². The topological polar surface area (TPSA) is 104 Å². The number of sulfone groups is 1. The van der Waals surface area contributed by atoms with Gasteiger partial charge in [-0.2, -0.15) is 5.10 Å². The Hall–Kier alpha value is -4.39. The van der Waals surface area contributed by atoms with Crippen molar-refractivity contribution in [2.24, 2.45) is 0 Å². The Balaban J connectivity index is 1.52. The van der Waals surface area contributed by atoms with Crippen LogP contribution in [0.25, 0.3) is 43.7 Å². The fourth-order valence-electron chi connectivity index (χ4n) is 5.21. The second-order valence-corrected chi connectivity index (χ2v) is 13.4. The standard InChI is InChI=1S/C32H29FN4O5S2/c1-4-28(38)36-18-23(19-36)37-17-21(16-34-37)31-29(25-10-7-22(33)15-27(25)42-13-12-41-2)32-26(11-14-43-32)30(35-31)20-5-8-24(9-6-20)44(3,39)40/h4-11,14-17,23H,1,12-13,18-19H2,2-3H3. The molecule has 3 aromatic heterocycles. The molecule has 5 aromatic rings. The van der Waals surface area contributed by atoms with Crippen LogP contribution in [0.4, 0.5) is 4.39 Å². The number of amides is 1. The number of ether oxygens (including phenoxy) is 2. The van der Waals surface area contributed by atoms with E-state index in [-0.39, 0.29) is 23.5 Å². The van der Waals surface area contributed by atoms with Crippen LogP contribution in [-0.4, -0.2) is 73.7 Å². The Kier molecular flexibility index (Phi) is 8.06. The maximum atomic E-state index is 14.5. The average Bonchev–Trinajstić information content (AvgIpc) is 3.66. The van der Waals surface area contributed by atoms with Crippen LogP contribution in [-0.2, 0) is 19.4 Å². The fourth-order valence-corrected chi connectivity index (χ4v) is 6.80. The Bertz CT molecular complexity index is 1980. The summed E-state index contributed by atoms with van der Waals surface area (Å²) in [4.78, 5) is 19.1. The van der Waals surface area contributed by atoms with Crippen molar-refractivity contribution in [2.45, 2.75) is 10.9 Å². The molecule has 0 aliphatic carbocycles. The smallest absolute Gasteiger partial charge is 0.246 e. The fraction of sp³-hybridized carbons (Fsp3) is 0.219. The number of halogens is 1. The third kappa shape index (κ3) is 5.63. The van der Waals surface area contributed by atoms with Gasteiger partial charge < -0.3 is 14.4 Å². The quantitative estimate of drug-likeness (QED) is 0.145. The zero-order valence-corrected chi connectivity index (χ0v) is 25.7. The van der Waals surface area contributed by atoms with E-state index >= 15 is 0 Å². The van der Waals surface area contributed by atoms with E-state index in [4.69, 9.17) is 14.5 Å². The molecule has 0 radical (unpaired) electrons. The molecule has 0 unspecified atom stereocenters. The van der Waals surface area contributed by atoms with E-state index in [1.54, 1.807) is 48.5 Å². The van der Waals surface area contributed by atoms with Crippen LogP contribution in [0, 0.1) is 5.82 Å². The molecule has 226 valence electrons. The number of likely N-dealkylation sites (tertiary alicyclic amines) is 1. The van der Waals surface area contributed by atoms with E-state index in [9.17, 15) is 17.6 Å². The van der Waals surface area contributed by atoms with Crippen molar-refractivity contribution < 1.29 is 27.1 Å². The van der Waals surface area contributed by atoms with E-state index in [1.165, 1.54) is 35.8 Å². The van der Waals surface area contributed by atoms with Crippen LogP contribution in [0.3, 0.4) is 0 Å². The SMILES string of the molecule is C=CC(=O)N1CC(n2cc(-c3nc(-c4ccc(S(C)(=O)=O)cc4)c4ccsc4c3-c3ccc(F)cc3OCCOC)cn2)C1. The van der Waals surface area contributed by atoms with Crippen LogP contribution in [0.15, 0.2) is 83.9 Å². The monoisotopic (exact) mass is 632 g/mol. The van der Waals surface area contributed by atoms with E-state index in [1.807, 2.05) is 22.3 Å². The van der Waals surface area contributed by atoms with Gasteiger partial charge in [-0.3, -0.25) is 9.48 Å². The predicted octanol–water partition coefficient (Wildman–Crippen LogP) is 5.63.